The van der Waals surface area contributed by atoms with Crippen molar-refractivity contribution in [2.45, 2.75) is 32.9 Å². The molecule has 0 aliphatic carbocycles. The van der Waals surface area contributed by atoms with Crippen LogP contribution in [0.2, 0.25) is 0 Å². The van der Waals surface area contributed by atoms with Crippen molar-refractivity contribution in [3.8, 4) is 11.8 Å². The molecule has 0 bridgehead atoms. The van der Waals surface area contributed by atoms with Crippen LogP contribution < -0.4 is 10.1 Å². The molecule has 0 saturated carbocycles. The van der Waals surface area contributed by atoms with Gasteiger partial charge in [0.05, 0.1) is 23.9 Å². The summed E-state index contributed by atoms with van der Waals surface area (Å²) < 4.78 is 6.35. The van der Waals surface area contributed by atoms with Gasteiger partial charge in [-0.3, -0.25) is 4.79 Å². The molecule has 6 nitrogen and oxygen atoms in total. The van der Waals surface area contributed by atoms with E-state index in [4.69, 9.17) is 17.0 Å². The van der Waals surface area contributed by atoms with Crippen molar-refractivity contribution >= 4 is 28.9 Å². The molecule has 0 radical (unpaired) electrons. The molecule has 2 aliphatic heterocycles. The van der Waals surface area contributed by atoms with Gasteiger partial charge in [0.15, 0.2) is 5.11 Å². The Morgan fingerprint density at radius 3 is 2.72 bits per heavy atom. The van der Waals surface area contributed by atoms with Gasteiger partial charge in [0, 0.05) is 36.8 Å². The Hall–Kier alpha value is -3.37. The predicted octanol–water partition coefficient (Wildman–Crippen LogP) is 3.92. The minimum absolute atomic E-state index is 0.0487. The Morgan fingerprint density at radius 2 is 2.03 bits per heavy atom. The summed E-state index contributed by atoms with van der Waals surface area (Å²) in [6, 6.07) is 15.2. The second-order valence-corrected chi connectivity index (χ2v) is 8.87. The van der Waals surface area contributed by atoms with Gasteiger partial charge < -0.3 is 19.9 Å². The van der Waals surface area contributed by atoms with Crippen LogP contribution in [0.3, 0.4) is 0 Å². The number of amides is 1. The zero-order valence-electron chi connectivity index (χ0n) is 18.7. The van der Waals surface area contributed by atoms with Crippen molar-refractivity contribution in [2.75, 3.05) is 20.1 Å². The Bertz CT molecular complexity index is 1180. The molecule has 4 rings (SSSR count). The normalized spacial score (nSPS) is 16.1. The lowest BCUT2D eigenvalue weighted by molar-refractivity contribution is 0.0843. The molecule has 2 aromatic rings. The fraction of sp³-hybridized carbons (Fsp3) is 0.320. The summed E-state index contributed by atoms with van der Waals surface area (Å²) in [6.45, 7) is 7.69. The number of hydrogen-bond acceptors (Lipinski definition) is 4. The van der Waals surface area contributed by atoms with Crippen LogP contribution >= 0.6 is 12.2 Å². The molecule has 164 valence electrons. The molecule has 0 unspecified atom stereocenters. The van der Waals surface area contributed by atoms with Gasteiger partial charge in [-0.05, 0) is 62.8 Å². The molecule has 1 amide bonds. The molecule has 0 saturated heterocycles. The molecule has 1 N–H and O–H groups in total. The number of carbonyl (C=O) groups excluding carboxylic acids is 1. The lowest BCUT2D eigenvalue weighted by Crippen LogP contribution is -2.45. The highest BCUT2D eigenvalue weighted by atomic mass is 32.1. The van der Waals surface area contributed by atoms with Crippen molar-refractivity contribution in [1.82, 2.24) is 15.1 Å². The Balaban J connectivity index is 1.86. The maximum atomic E-state index is 13.4. The van der Waals surface area contributed by atoms with Crippen LogP contribution in [0.25, 0.3) is 5.70 Å². The highest BCUT2D eigenvalue weighted by molar-refractivity contribution is 7.80. The average Bonchev–Trinajstić information content (AvgIpc) is 3.12. The number of nitrogens with zero attached hydrogens (tertiary/aromatic N) is 3. The minimum atomic E-state index is -0.682. The minimum Gasteiger partial charge on any atom is -0.483 e. The van der Waals surface area contributed by atoms with E-state index in [0.717, 1.165) is 28.9 Å². The van der Waals surface area contributed by atoms with Gasteiger partial charge >= 0.3 is 0 Å². The quantitative estimate of drug-likeness (QED) is 0.718. The lowest BCUT2D eigenvalue weighted by atomic mass is 9.88. The van der Waals surface area contributed by atoms with Gasteiger partial charge in [0.25, 0.3) is 5.91 Å². The second kappa shape index (κ2) is 8.29. The topological polar surface area (TPSA) is 68.6 Å². The summed E-state index contributed by atoms with van der Waals surface area (Å²) in [7, 11) is 1.93. The summed E-state index contributed by atoms with van der Waals surface area (Å²) in [4.78, 5) is 17.2. The van der Waals surface area contributed by atoms with Gasteiger partial charge in [0.2, 0.25) is 0 Å². The summed E-state index contributed by atoms with van der Waals surface area (Å²) in [6.07, 6.45) is 0. The first-order valence-electron chi connectivity index (χ1n) is 10.6. The molecule has 2 aromatic carbocycles. The van der Waals surface area contributed by atoms with Crippen LogP contribution in [0.15, 0.2) is 48.0 Å². The number of carbonyl (C=O) groups is 1. The largest absolute Gasteiger partial charge is 0.483 e. The monoisotopic (exact) mass is 446 g/mol. The smallest absolute Gasteiger partial charge is 0.258 e. The van der Waals surface area contributed by atoms with E-state index in [-0.39, 0.29) is 5.91 Å². The number of rotatable bonds is 4. The Labute approximate surface area is 194 Å². The van der Waals surface area contributed by atoms with E-state index in [9.17, 15) is 10.1 Å². The van der Waals surface area contributed by atoms with Gasteiger partial charge in [0.1, 0.15) is 11.4 Å². The van der Waals surface area contributed by atoms with Gasteiger partial charge in [-0.25, -0.2) is 0 Å². The zero-order chi connectivity index (χ0) is 23.0. The Kier molecular flexibility index (Phi) is 5.66. The predicted molar refractivity (Wildman–Crippen MR) is 128 cm³/mol. The van der Waals surface area contributed by atoms with E-state index in [1.807, 2.05) is 63.1 Å². The first kappa shape index (κ1) is 21.8. The lowest BCUT2D eigenvalue weighted by Gasteiger charge is -2.40. The summed E-state index contributed by atoms with van der Waals surface area (Å²) in [5.74, 6) is 0.608. The molecule has 0 fully saturated rings. The summed E-state index contributed by atoms with van der Waals surface area (Å²) in [5.41, 5.74) is 3.96. The number of nitrogens with one attached hydrogen (secondary N) is 1. The van der Waals surface area contributed by atoms with Crippen molar-refractivity contribution in [1.29, 1.82) is 5.26 Å². The maximum Gasteiger partial charge on any atom is 0.258 e. The molecule has 0 atom stereocenters. The Morgan fingerprint density at radius 1 is 1.28 bits per heavy atom. The number of fused-ring (bicyclic) bond motifs is 2. The fourth-order valence-corrected chi connectivity index (χ4v) is 4.34. The molecule has 7 heteroatoms. The number of benzene rings is 2. The van der Waals surface area contributed by atoms with E-state index >= 15 is 0 Å². The van der Waals surface area contributed by atoms with Gasteiger partial charge in [-0.2, -0.15) is 5.26 Å². The first-order chi connectivity index (χ1) is 15.3. The fourth-order valence-electron chi connectivity index (χ4n) is 4.14. The third kappa shape index (κ3) is 3.71. The van der Waals surface area contributed by atoms with E-state index in [2.05, 4.69) is 11.4 Å². The van der Waals surface area contributed by atoms with Crippen molar-refractivity contribution in [3.63, 3.8) is 0 Å². The summed E-state index contributed by atoms with van der Waals surface area (Å²) >= 11 is 5.52. The first-order valence-corrected chi connectivity index (χ1v) is 11.0. The number of thiocarbonyl (C=S) groups is 1. The van der Waals surface area contributed by atoms with Crippen LogP contribution in [-0.4, -0.2) is 46.6 Å². The van der Waals surface area contributed by atoms with Crippen molar-refractivity contribution in [2.24, 2.45) is 0 Å². The highest BCUT2D eigenvalue weighted by Gasteiger charge is 2.41. The molecule has 32 heavy (non-hydrogen) atoms. The van der Waals surface area contributed by atoms with Gasteiger partial charge in [-0.1, -0.05) is 18.2 Å². The van der Waals surface area contributed by atoms with Crippen LogP contribution in [-0.2, 0) is 6.54 Å². The molecule has 0 aromatic heterocycles. The molecular weight excluding hydrogens is 420 g/mol. The van der Waals surface area contributed by atoms with Crippen LogP contribution in [0.5, 0.6) is 5.75 Å². The maximum absolute atomic E-state index is 13.4. The van der Waals surface area contributed by atoms with Crippen LogP contribution in [0, 0.1) is 11.3 Å². The highest BCUT2D eigenvalue weighted by Crippen LogP contribution is 2.44. The van der Waals surface area contributed by atoms with Crippen molar-refractivity contribution in [3.05, 3.63) is 70.3 Å². The number of ether oxygens (including phenoxy) is 1. The van der Waals surface area contributed by atoms with Crippen LogP contribution in [0.1, 0.15) is 47.8 Å². The molecule has 2 aliphatic rings. The third-order valence-corrected chi connectivity index (χ3v) is 6.53. The van der Waals surface area contributed by atoms with E-state index in [0.29, 0.717) is 35.1 Å². The summed E-state index contributed by atoms with van der Waals surface area (Å²) in [5, 5.41) is 13.4. The van der Waals surface area contributed by atoms with Crippen molar-refractivity contribution < 1.29 is 9.53 Å². The zero-order valence-corrected chi connectivity index (χ0v) is 19.5. The molecule has 0 spiro atoms. The molecule has 2 heterocycles. The van der Waals surface area contributed by atoms with Gasteiger partial charge in [-0.15, -0.1) is 0 Å². The third-order valence-electron chi connectivity index (χ3n) is 6.07. The number of hydrogen-bond donors (Lipinski definition) is 1. The molecular formula is C25H26N4O2S. The standard InChI is InChI=1S/C25H26N4O2S/c1-5-28(4)24(32)27-14-20-22(29-15-17-8-6-7-9-18(17)23(29)30)19-12-16(13-26)10-11-21(19)31-25(20,2)3/h6-12H,5,14-15H2,1-4H3,(H,27,32). The van der Waals surface area contributed by atoms with E-state index in [1.54, 1.807) is 17.0 Å². The van der Waals surface area contributed by atoms with Crippen LogP contribution in [0.4, 0.5) is 0 Å². The van der Waals surface area contributed by atoms with E-state index in [1.165, 1.54) is 0 Å². The average molecular weight is 447 g/mol. The van der Waals surface area contributed by atoms with E-state index < -0.39 is 5.60 Å². The second-order valence-electron chi connectivity index (χ2n) is 8.48. The SMILES string of the molecule is CCN(C)C(=S)NCC1=C(N2Cc3ccccc3C2=O)c2cc(C#N)ccc2OC1(C)C. The number of nitriles is 1.